The number of carbonyl (C=O) groups is 2. The van der Waals surface area contributed by atoms with Gasteiger partial charge in [0.05, 0.1) is 4.90 Å². The number of sulfonamides is 1. The van der Waals surface area contributed by atoms with Gasteiger partial charge in [-0.1, -0.05) is 44.2 Å². The Bertz CT molecular complexity index is 1060. The lowest BCUT2D eigenvalue weighted by molar-refractivity contribution is -0.141. The first-order chi connectivity index (χ1) is 16.6. The fourth-order valence-electron chi connectivity index (χ4n) is 3.64. The first-order valence-electron chi connectivity index (χ1n) is 12.0. The second-order valence-corrected chi connectivity index (χ2v) is 10.7. The Morgan fingerprint density at radius 3 is 2.20 bits per heavy atom. The van der Waals surface area contributed by atoms with Crippen molar-refractivity contribution < 1.29 is 22.4 Å². The molecule has 0 aromatic heterocycles. The van der Waals surface area contributed by atoms with Crippen LogP contribution in [0.15, 0.2) is 59.5 Å². The third-order valence-electron chi connectivity index (χ3n) is 5.97. The lowest BCUT2D eigenvalue weighted by Gasteiger charge is -2.31. The normalized spacial score (nSPS) is 13.3. The van der Waals surface area contributed by atoms with Gasteiger partial charge < -0.3 is 10.2 Å². The van der Waals surface area contributed by atoms with Crippen LogP contribution in [0.3, 0.4) is 0 Å². The molecule has 0 radical (unpaired) electrons. The van der Waals surface area contributed by atoms with Crippen LogP contribution in [-0.2, 0) is 26.2 Å². The largest absolute Gasteiger partial charge is 0.352 e. The molecule has 1 N–H and O–H groups in total. The Kier molecular flexibility index (Phi) is 10.9. The van der Waals surface area contributed by atoms with Crippen molar-refractivity contribution in [2.45, 2.75) is 70.0 Å². The molecule has 0 aliphatic heterocycles. The van der Waals surface area contributed by atoms with Gasteiger partial charge in [0.2, 0.25) is 21.8 Å². The number of nitrogens with zero attached hydrogens (tertiary/aromatic N) is 2. The van der Waals surface area contributed by atoms with E-state index >= 15 is 0 Å². The lowest BCUT2D eigenvalue weighted by atomic mass is 10.1. The Hall–Kier alpha value is -2.78. The summed E-state index contributed by atoms with van der Waals surface area (Å²) in [5.41, 5.74) is 0.707. The summed E-state index contributed by atoms with van der Waals surface area (Å²) in [4.78, 5) is 27.9. The smallest absolute Gasteiger partial charge is 0.243 e. The molecule has 0 bridgehead atoms. The SMILES string of the molecule is CCC(C)NC(=O)C(CC)N(Cc1ccc(F)cc1)C(=O)CCCN(C)S(=O)(=O)c1ccccc1. The third-order valence-corrected chi connectivity index (χ3v) is 7.84. The molecule has 0 spiro atoms. The molecular weight excluding hydrogens is 469 g/mol. The van der Waals surface area contributed by atoms with Crippen LogP contribution >= 0.6 is 0 Å². The van der Waals surface area contributed by atoms with E-state index < -0.39 is 16.1 Å². The molecule has 0 heterocycles. The summed E-state index contributed by atoms with van der Waals surface area (Å²) in [5.74, 6) is -0.872. The average molecular weight is 506 g/mol. The number of halogens is 1. The monoisotopic (exact) mass is 505 g/mol. The van der Waals surface area contributed by atoms with Crippen LogP contribution in [0.4, 0.5) is 4.39 Å². The minimum Gasteiger partial charge on any atom is -0.352 e. The first-order valence-corrected chi connectivity index (χ1v) is 13.4. The van der Waals surface area contributed by atoms with Gasteiger partial charge in [-0.2, -0.15) is 0 Å². The summed E-state index contributed by atoms with van der Waals surface area (Å²) >= 11 is 0. The zero-order chi connectivity index (χ0) is 26.0. The molecule has 7 nitrogen and oxygen atoms in total. The first kappa shape index (κ1) is 28.5. The fourth-order valence-corrected chi connectivity index (χ4v) is 4.87. The van der Waals surface area contributed by atoms with Crippen molar-refractivity contribution in [3.8, 4) is 0 Å². The van der Waals surface area contributed by atoms with Gasteiger partial charge in [0, 0.05) is 32.6 Å². The summed E-state index contributed by atoms with van der Waals surface area (Å²) in [5, 5.41) is 2.94. The molecule has 0 saturated heterocycles. The molecule has 2 rings (SSSR count). The van der Waals surface area contributed by atoms with E-state index in [1.807, 2.05) is 20.8 Å². The summed E-state index contributed by atoms with van der Waals surface area (Å²) in [6.45, 7) is 6.02. The number of amides is 2. The quantitative estimate of drug-likeness (QED) is 0.447. The van der Waals surface area contributed by atoms with Crippen molar-refractivity contribution in [2.75, 3.05) is 13.6 Å². The molecule has 0 aliphatic carbocycles. The van der Waals surface area contributed by atoms with E-state index in [0.29, 0.717) is 18.4 Å². The minimum absolute atomic E-state index is 0.0313. The Morgan fingerprint density at radius 2 is 1.63 bits per heavy atom. The average Bonchev–Trinajstić information content (AvgIpc) is 2.85. The second kappa shape index (κ2) is 13.3. The highest BCUT2D eigenvalue weighted by Gasteiger charge is 2.29. The maximum Gasteiger partial charge on any atom is 0.243 e. The van der Waals surface area contributed by atoms with Gasteiger partial charge >= 0.3 is 0 Å². The van der Waals surface area contributed by atoms with Crippen molar-refractivity contribution in [2.24, 2.45) is 0 Å². The molecule has 0 aliphatic rings. The van der Waals surface area contributed by atoms with E-state index in [1.54, 1.807) is 30.3 Å². The number of hydrogen-bond acceptors (Lipinski definition) is 4. The number of hydrogen-bond donors (Lipinski definition) is 1. The van der Waals surface area contributed by atoms with Crippen LogP contribution in [0.1, 0.15) is 52.0 Å². The number of rotatable bonds is 13. The maximum absolute atomic E-state index is 13.4. The van der Waals surface area contributed by atoms with Gasteiger partial charge in [-0.15, -0.1) is 0 Å². The van der Waals surface area contributed by atoms with E-state index in [2.05, 4.69) is 5.32 Å². The molecule has 0 saturated carbocycles. The predicted octanol–water partition coefficient (Wildman–Crippen LogP) is 3.95. The van der Waals surface area contributed by atoms with Gasteiger partial charge in [-0.3, -0.25) is 9.59 Å². The Balaban J connectivity index is 2.13. The molecule has 192 valence electrons. The molecule has 2 unspecified atom stereocenters. The molecular formula is C26H36FN3O4S. The molecule has 2 aromatic carbocycles. The summed E-state index contributed by atoms with van der Waals surface area (Å²) in [6, 6.07) is 13.2. The van der Waals surface area contributed by atoms with E-state index in [4.69, 9.17) is 0 Å². The van der Waals surface area contributed by atoms with Crippen LogP contribution in [0.5, 0.6) is 0 Å². The molecule has 35 heavy (non-hydrogen) atoms. The third kappa shape index (κ3) is 8.14. The van der Waals surface area contributed by atoms with Crippen LogP contribution in [0.2, 0.25) is 0 Å². The molecule has 9 heteroatoms. The van der Waals surface area contributed by atoms with Gasteiger partial charge in [0.15, 0.2) is 0 Å². The van der Waals surface area contributed by atoms with Gasteiger partial charge in [-0.05, 0) is 56.0 Å². The zero-order valence-electron chi connectivity index (χ0n) is 20.9. The van der Waals surface area contributed by atoms with E-state index in [0.717, 1.165) is 6.42 Å². The van der Waals surface area contributed by atoms with Gasteiger partial charge in [-0.25, -0.2) is 17.1 Å². The highest BCUT2D eigenvalue weighted by Crippen LogP contribution is 2.17. The molecule has 2 amide bonds. The van der Waals surface area contributed by atoms with E-state index in [9.17, 15) is 22.4 Å². The van der Waals surface area contributed by atoms with Crippen molar-refractivity contribution in [1.29, 1.82) is 0 Å². The summed E-state index contributed by atoms with van der Waals surface area (Å²) in [6.07, 6.45) is 1.54. The van der Waals surface area contributed by atoms with Crippen molar-refractivity contribution in [1.82, 2.24) is 14.5 Å². The minimum atomic E-state index is -3.65. The fraction of sp³-hybridized carbons (Fsp3) is 0.462. The zero-order valence-corrected chi connectivity index (χ0v) is 21.7. The number of nitrogens with one attached hydrogen (secondary N) is 1. The standard InChI is InChI=1S/C26H36FN3O4S/c1-5-20(3)28-26(32)24(6-2)30(19-21-14-16-22(27)17-15-21)25(31)13-10-18-29(4)35(33,34)23-11-8-7-9-12-23/h7-9,11-12,14-17,20,24H,5-6,10,13,18-19H2,1-4H3,(H,28,32). The Labute approximate surface area is 208 Å². The Morgan fingerprint density at radius 1 is 1.00 bits per heavy atom. The predicted molar refractivity (Wildman–Crippen MR) is 134 cm³/mol. The molecule has 2 aromatic rings. The summed E-state index contributed by atoms with van der Waals surface area (Å²) in [7, 11) is -2.17. The van der Waals surface area contributed by atoms with Crippen LogP contribution in [-0.4, -0.2) is 55.1 Å². The van der Waals surface area contributed by atoms with Crippen LogP contribution in [0.25, 0.3) is 0 Å². The van der Waals surface area contributed by atoms with Crippen molar-refractivity contribution >= 4 is 21.8 Å². The summed E-state index contributed by atoms with van der Waals surface area (Å²) < 4.78 is 40.1. The van der Waals surface area contributed by atoms with Crippen LogP contribution < -0.4 is 5.32 Å². The lowest BCUT2D eigenvalue weighted by Crippen LogP contribution is -2.50. The highest BCUT2D eigenvalue weighted by atomic mass is 32.2. The van der Waals surface area contributed by atoms with Crippen LogP contribution in [0, 0.1) is 5.82 Å². The van der Waals surface area contributed by atoms with Gasteiger partial charge in [0.1, 0.15) is 11.9 Å². The van der Waals surface area contributed by atoms with Crippen molar-refractivity contribution in [3.05, 3.63) is 66.0 Å². The molecule has 0 fully saturated rings. The second-order valence-electron chi connectivity index (χ2n) is 8.63. The number of benzene rings is 2. The number of carbonyl (C=O) groups excluding carboxylic acids is 2. The van der Waals surface area contributed by atoms with E-state index in [-0.39, 0.29) is 48.1 Å². The highest BCUT2D eigenvalue weighted by molar-refractivity contribution is 7.89. The van der Waals surface area contributed by atoms with E-state index in [1.165, 1.54) is 40.5 Å². The topological polar surface area (TPSA) is 86.8 Å². The maximum atomic E-state index is 13.4. The van der Waals surface area contributed by atoms with Gasteiger partial charge in [0.25, 0.3) is 0 Å². The molecule has 2 atom stereocenters. The van der Waals surface area contributed by atoms with Crippen molar-refractivity contribution in [3.63, 3.8) is 0 Å².